The van der Waals surface area contributed by atoms with Crippen molar-refractivity contribution < 1.29 is 28.8 Å². The second kappa shape index (κ2) is 10.5. The van der Waals surface area contributed by atoms with Crippen molar-refractivity contribution in [2.24, 2.45) is 0 Å². The number of ether oxygens (including phenoxy) is 1. The van der Waals surface area contributed by atoms with Crippen molar-refractivity contribution in [1.29, 1.82) is 0 Å². The van der Waals surface area contributed by atoms with Crippen molar-refractivity contribution in [3.8, 4) is 0 Å². The summed E-state index contributed by atoms with van der Waals surface area (Å²) in [5.74, 6) is -1.94. The largest absolute Gasteiger partial charge is 0.630 e. The number of unbranched alkanes of at least 4 members (excludes halogenated alkanes) is 1. The smallest absolute Gasteiger partial charge is 0.331 e. The molecule has 0 heterocycles. The second-order valence-corrected chi connectivity index (χ2v) is 7.90. The molecule has 0 saturated heterocycles. The van der Waals surface area contributed by atoms with Crippen LogP contribution in [0.2, 0.25) is 0 Å². The molecule has 7 heteroatoms. The van der Waals surface area contributed by atoms with Crippen LogP contribution in [-0.4, -0.2) is 67.3 Å². The monoisotopic (exact) mass is 332 g/mol. The maximum absolute atomic E-state index is 12.4. The molecule has 0 spiro atoms. The van der Waals surface area contributed by atoms with E-state index in [1.54, 1.807) is 0 Å². The van der Waals surface area contributed by atoms with Gasteiger partial charge >= 0.3 is 11.9 Å². The van der Waals surface area contributed by atoms with Crippen molar-refractivity contribution in [2.75, 3.05) is 40.5 Å². The number of nitrogens with zero attached hydrogens (tertiary/aromatic N) is 1. The fourth-order valence-electron chi connectivity index (χ4n) is 1.54. The van der Waals surface area contributed by atoms with Crippen LogP contribution in [0.15, 0.2) is 12.2 Å². The fourth-order valence-corrected chi connectivity index (χ4v) is 3.25. The van der Waals surface area contributed by atoms with Crippen molar-refractivity contribution in [3.05, 3.63) is 12.2 Å². The number of quaternary nitrogens is 1. The quantitative estimate of drug-likeness (QED) is 0.279. The molecule has 22 heavy (non-hydrogen) atoms. The Labute approximate surface area is 133 Å². The topological polar surface area (TPSA) is 86.7 Å². The van der Waals surface area contributed by atoms with Gasteiger partial charge in [0.2, 0.25) is 0 Å². The Morgan fingerprint density at radius 2 is 1.91 bits per heavy atom. The Kier molecular flexibility index (Phi) is 9.90. The van der Waals surface area contributed by atoms with Crippen LogP contribution in [0.5, 0.6) is 0 Å². The van der Waals surface area contributed by atoms with Gasteiger partial charge in [-0.1, -0.05) is 13.3 Å². The van der Waals surface area contributed by atoms with Crippen LogP contribution < -0.4 is 4.89 Å². The molecule has 6 nitrogen and oxygen atoms in total. The molecule has 0 saturated carbocycles. The lowest BCUT2D eigenvalue weighted by molar-refractivity contribution is -0.867. The van der Waals surface area contributed by atoms with Crippen molar-refractivity contribution in [3.63, 3.8) is 0 Å². The first-order valence-corrected chi connectivity index (χ1v) is 8.77. The Balaban J connectivity index is 4.68. The van der Waals surface area contributed by atoms with Gasteiger partial charge in [0.25, 0.3) is 0 Å². The van der Waals surface area contributed by atoms with Gasteiger partial charge in [-0.3, -0.25) is 0 Å². The maximum atomic E-state index is 12.4. The average molecular weight is 332 g/mol. The molecule has 0 aromatic rings. The Hall–Kier alpha value is -1.23. The second-order valence-electron chi connectivity index (χ2n) is 6.07. The first kappa shape index (κ1) is 20.8. The predicted octanol–water partition coefficient (Wildman–Crippen LogP) is 0.996. The summed E-state index contributed by atoms with van der Waals surface area (Å²) in [6.07, 6.45) is 4.67. The molecule has 0 aliphatic heterocycles. The molecule has 0 amide bonds. The number of rotatable bonds is 10. The highest BCUT2D eigenvalue weighted by Crippen LogP contribution is 2.18. The third kappa shape index (κ3) is 11.4. The zero-order valence-corrected chi connectivity index (χ0v) is 14.8. The highest BCUT2D eigenvalue weighted by molar-refractivity contribution is 7.51. The summed E-state index contributed by atoms with van der Waals surface area (Å²) in [6, 6.07) is 0. The summed E-state index contributed by atoms with van der Waals surface area (Å²) in [4.78, 5) is 34.1. The van der Waals surface area contributed by atoms with Crippen molar-refractivity contribution in [2.45, 2.75) is 26.2 Å². The first-order valence-electron chi connectivity index (χ1n) is 7.33. The van der Waals surface area contributed by atoms with Crippen LogP contribution in [0, 0.1) is 0 Å². The van der Waals surface area contributed by atoms with Gasteiger partial charge in [-0.15, -0.1) is 0 Å². The van der Waals surface area contributed by atoms with Crippen LogP contribution in [0.25, 0.3) is 0 Å². The highest BCUT2D eigenvalue weighted by Gasteiger charge is 2.16. The number of carbonyl (C=O) groups is 2. The number of carbonyl (C=O) groups excluding carboxylic acids is 1. The average Bonchev–Trinajstić information content (AvgIpc) is 2.41. The van der Waals surface area contributed by atoms with Gasteiger partial charge in [-0.05, 0) is 6.42 Å². The number of aliphatic carboxylic acids is 1. The van der Waals surface area contributed by atoms with Gasteiger partial charge in [0.1, 0.15) is 11.8 Å². The minimum Gasteiger partial charge on any atom is -0.630 e. The Morgan fingerprint density at radius 1 is 1.27 bits per heavy atom. The van der Waals surface area contributed by atoms with Gasteiger partial charge in [0, 0.05) is 18.6 Å². The van der Waals surface area contributed by atoms with E-state index in [-0.39, 0.29) is 6.61 Å². The molecule has 0 radical (unpaired) electrons. The summed E-state index contributed by atoms with van der Waals surface area (Å²) in [5.41, 5.74) is 0. The van der Waals surface area contributed by atoms with E-state index in [0.29, 0.717) is 12.6 Å². The normalized spacial score (nSPS) is 13.1. The molecular formula is C15H27NO5P+. The fraction of sp³-hybridized carbons (Fsp3) is 0.667. The van der Waals surface area contributed by atoms with E-state index >= 15 is 0 Å². The van der Waals surface area contributed by atoms with E-state index in [2.05, 4.69) is 0 Å². The molecule has 0 bridgehead atoms. The molecule has 1 N–H and O–H groups in total. The molecule has 0 aromatic carbocycles. The van der Waals surface area contributed by atoms with E-state index in [9.17, 15) is 14.5 Å². The summed E-state index contributed by atoms with van der Waals surface area (Å²) >= 11 is 0. The maximum Gasteiger partial charge on any atom is 0.331 e. The molecule has 0 aliphatic carbocycles. The molecule has 0 fully saturated rings. The summed E-state index contributed by atoms with van der Waals surface area (Å²) in [7, 11) is 4.56. The summed E-state index contributed by atoms with van der Waals surface area (Å²) in [6.45, 7) is 2.81. The van der Waals surface area contributed by atoms with E-state index in [4.69, 9.17) is 9.84 Å². The molecule has 1 unspecified atom stereocenters. The molecule has 1 atom stereocenters. The zero-order chi connectivity index (χ0) is 17.2. The van der Waals surface area contributed by atoms with E-state index in [0.717, 1.165) is 41.3 Å². The molecule has 0 aliphatic rings. The van der Waals surface area contributed by atoms with Gasteiger partial charge in [-0.2, -0.15) is 0 Å². The van der Waals surface area contributed by atoms with Crippen LogP contribution in [0.4, 0.5) is 0 Å². The minimum atomic E-state index is -1.54. The number of carboxylic acids is 1. The SMILES string of the molecule is CCCC/C(COC(=O)/C=C/C(=O)O)=[P+](\[O-])CC[N+](C)(C)C. The Bertz CT molecular complexity index is 438. The van der Waals surface area contributed by atoms with Crippen LogP contribution in [-0.2, 0) is 14.3 Å². The summed E-state index contributed by atoms with van der Waals surface area (Å²) in [5, 5.41) is 9.18. The lowest BCUT2D eigenvalue weighted by atomic mass is 10.2. The first-order chi connectivity index (χ1) is 10.2. The van der Waals surface area contributed by atoms with Gasteiger partial charge in [0.05, 0.1) is 28.9 Å². The van der Waals surface area contributed by atoms with Crippen LogP contribution in [0.3, 0.4) is 0 Å². The third-order valence-electron chi connectivity index (χ3n) is 2.89. The van der Waals surface area contributed by atoms with Gasteiger partial charge in [0.15, 0.2) is 12.8 Å². The molecule has 0 aromatic heterocycles. The molecule has 0 rings (SSSR count). The number of esters is 1. The standard InChI is InChI=1S/C15H26NO5P/c1-5-6-7-13(22(20)11-10-16(2,3)4)12-21-15(19)9-8-14(17)18/h8-9H,5-7,10-12H2,1-4H3/p+1/b9-8+. The lowest BCUT2D eigenvalue weighted by Crippen LogP contribution is -2.37. The third-order valence-corrected chi connectivity index (χ3v) is 4.55. The minimum absolute atomic E-state index is 0.00482. The van der Waals surface area contributed by atoms with Gasteiger partial charge < -0.3 is 19.2 Å². The zero-order valence-electron chi connectivity index (χ0n) is 13.9. The van der Waals surface area contributed by atoms with E-state index in [1.807, 2.05) is 28.1 Å². The van der Waals surface area contributed by atoms with Crippen molar-refractivity contribution in [1.82, 2.24) is 0 Å². The van der Waals surface area contributed by atoms with E-state index < -0.39 is 19.7 Å². The van der Waals surface area contributed by atoms with Crippen LogP contribution >= 0.6 is 7.77 Å². The van der Waals surface area contributed by atoms with Crippen molar-refractivity contribution >= 4 is 25.0 Å². The highest BCUT2D eigenvalue weighted by atomic mass is 31.1. The van der Waals surface area contributed by atoms with Gasteiger partial charge in [-0.25, -0.2) is 9.59 Å². The number of carboxylic acid groups (broad SMARTS) is 1. The molecular weight excluding hydrogens is 305 g/mol. The summed E-state index contributed by atoms with van der Waals surface area (Å²) < 4.78 is 5.72. The van der Waals surface area contributed by atoms with E-state index in [1.165, 1.54) is 0 Å². The number of hydrogen-bond donors (Lipinski definition) is 1. The van der Waals surface area contributed by atoms with Crippen LogP contribution in [0.1, 0.15) is 26.2 Å². The lowest BCUT2D eigenvalue weighted by Gasteiger charge is -2.22. The number of hydrogen-bond acceptors (Lipinski definition) is 4. The predicted molar refractivity (Wildman–Crippen MR) is 87.0 cm³/mol. The Morgan fingerprint density at radius 3 is 2.41 bits per heavy atom. The molecule has 126 valence electrons.